The van der Waals surface area contributed by atoms with E-state index in [0.29, 0.717) is 11.6 Å². The van der Waals surface area contributed by atoms with Crippen LogP contribution in [0.2, 0.25) is 0 Å². The Morgan fingerprint density at radius 3 is 3.00 bits per heavy atom. The van der Waals surface area contributed by atoms with Gasteiger partial charge in [-0.1, -0.05) is 11.6 Å². The van der Waals surface area contributed by atoms with Crippen LogP contribution in [0.1, 0.15) is 6.92 Å². The van der Waals surface area contributed by atoms with Crippen molar-refractivity contribution in [2.75, 3.05) is 6.61 Å². The van der Waals surface area contributed by atoms with Gasteiger partial charge in [0, 0.05) is 11.7 Å². The standard InChI is InChI=1S/C5H8ClNO/c1-5(6)3-4-8-7-2/h3H,2,4H2,1H3/b5-3+. The molecule has 0 amide bonds. The van der Waals surface area contributed by atoms with Gasteiger partial charge in [-0.05, 0) is 13.0 Å². The second kappa shape index (κ2) is 4.65. The Balaban J connectivity index is 3.15. The summed E-state index contributed by atoms with van der Waals surface area (Å²) in [7, 11) is 0. The van der Waals surface area contributed by atoms with Gasteiger partial charge < -0.3 is 4.84 Å². The lowest BCUT2D eigenvalue weighted by Crippen LogP contribution is -1.79. The molecule has 8 heavy (non-hydrogen) atoms. The first-order valence-electron chi connectivity index (χ1n) is 2.17. The summed E-state index contributed by atoms with van der Waals surface area (Å²) in [6.07, 6.45) is 1.70. The molecule has 2 nitrogen and oxygen atoms in total. The zero-order valence-electron chi connectivity index (χ0n) is 4.72. The van der Waals surface area contributed by atoms with Gasteiger partial charge in [0.15, 0.2) is 0 Å². The van der Waals surface area contributed by atoms with E-state index < -0.39 is 0 Å². The Morgan fingerprint density at radius 2 is 2.62 bits per heavy atom. The van der Waals surface area contributed by atoms with Crippen LogP contribution < -0.4 is 0 Å². The summed E-state index contributed by atoms with van der Waals surface area (Å²) in [5, 5.41) is 3.86. The number of allylic oxidation sites excluding steroid dienone is 1. The summed E-state index contributed by atoms with van der Waals surface area (Å²) in [6, 6.07) is 0. The molecule has 0 unspecified atom stereocenters. The molecule has 0 N–H and O–H groups in total. The van der Waals surface area contributed by atoms with Gasteiger partial charge in [0.1, 0.15) is 6.61 Å². The highest BCUT2D eigenvalue weighted by atomic mass is 35.5. The summed E-state index contributed by atoms with van der Waals surface area (Å²) >= 11 is 5.43. The lowest BCUT2D eigenvalue weighted by atomic mass is 10.5. The summed E-state index contributed by atoms with van der Waals surface area (Å²) in [6.45, 7) is 5.29. The van der Waals surface area contributed by atoms with Crippen LogP contribution >= 0.6 is 11.6 Å². The van der Waals surface area contributed by atoms with Gasteiger partial charge in [0.2, 0.25) is 0 Å². The third kappa shape index (κ3) is 5.50. The van der Waals surface area contributed by atoms with Crippen molar-refractivity contribution in [2.24, 2.45) is 5.16 Å². The van der Waals surface area contributed by atoms with Crippen LogP contribution in [0.4, 0.5) is 0 Å². The first-order valence-corrected chi connectivity index (χ1v) is 2.55. The molecule has 0 bridgehead atoms. The summed E-state index contributed by atoms with van der Waals surface area (Å²) in [5.74, 6) is 0. The van der Waals surface area contributed by atoms with Crippen LogP contribution in [0.3, 0.4) is 0 Å². The molecule has 0 aliphatic heterocycles. The number of oxime groups is 1. The maximum Gasteiger partial charge on any atom is 0.136 e. The van der Waals surface area contributed by atoms with Crippen LogP contribution in [-0.2, 0) is 4.84 Å². The fourth-order valence-corrected chi connectivity index (χ4v) is 0.268. The van der Waals surface area contributed by atoms with Crippen LogP contribution in [0.15, 0.2) is 16.3 Å². The molecule has 0 fully saturated rings. The first-order chi connectivity index (χ1) is 3.77. The van der Waals surface area contributed by atoms with Crippen molar-refractivity contribution in [2.45, 2.75) is 6.92 Å². The van der Waals surface area contributed by atoms with Crippen molar-refractivity contribution in [1.29, 1.82) is 0 Å². The normalized spacial score (nSPS) is 11.0. The van der Waals surface area contributed by atoms with Crippen molar-refractivity contribution in [3.63, 3.8) is 0 Å². The largest absolute Gasteiger partial charge is 0.392 e. The van der Waals surface area contributed by atoms with Gasteiger partial charge in [0.05, 0.1) is 0 Å². The zero-order valence-corrected chi connectivity index (χ0v) is 5.48. The highest BCUT2D eigenvalue weighted by Gasteiger charge is 1.77. The van der Waals surface area contributed by atoms with E-state index in [9.17, 15) is 0 Å². The van der Waals surface area contributed by atoms with E-state index in [1.54, 1.807) is 13.0 Å². The van der Waals surface area contributed by atoms with Crippen molar-refractivity contribution in [1.82, 2.24) is 0 Å². The fourth-order valence-electron chi connectivity index (χ4n) is 0.205. The summed E-state index contributed by atoms with van der Waals surface area (Å²) in [4.78, 5) is 4.50. The minimum atomic E-state index is 0.402. The Morgan fingerprint density at radius 1 is 2.00 bits per heavy atom. The zero-order chi connectivity index (χ0) is 6.41. The van der Waals surface area contributed by atoms with E-state index in [-0.39, 0.29) is 0 Å². The third-order valence-corrected chi connectivity index (χ3v) is 0.685. The summed E-state index contributed by atoms with van der Waals surface area (Å²) in [5.41, 5.74) is 0. The van der Waals surface area contributed by atoms with E-state index in [2.05, 4.69) is 16.7 Å². The van der Waals surface area contributed by atoms with Crippen LogP contribution in [-0.4, -0.2) is 13.3 Å². The van der Waals surface area contributed by atoms with Gasteiger partial charge >= 0.3 is 0 Å². The molecular formula is C5H8ClNO. The van der Waals surface area contributed by atoms with Crippen LogP contribution in [0.25, 0.3) is 0 Å². The van der Waals surface area contributed by atoms with Crippen LogP contribution in [0.5, 0.6) is 0 Å². The molecule has 0 aromatic heterocycles. The van der Waals surface area contributed by atoms with E-state index in [4.69, 9.17) is 11.6 Å². The molecule has 0 radical (unpaired) electrons. The number of hydrogen-bond donors (Lipinski definition) is 0. The Kier molecular flexibility index (Phi) is 4.36. The number of halogens is 1. The van der Waals surface area contributed by atoms with E-state index in [1.165, 1.54) is 0 Å². The van der Waals surface area contributed by atoms with E-state index in [0.717, 1.165) is 0 Å². The molecule has 0 spiro atoms. The molecule has 46 valence electrons. The van der Waals surface area contributed by atoms with Crippen LogP contribution in [0, 0.1) is 0 Å². The molecule has 0 saturated heterocycles. The monoisotopic (exact) mass is 133 g/mol. The van der Waals surface area contributed by atoms with Crippen molar-refractivity contribution < 1.29 is 4.84 Å². The quantitative estimate of drug-likeness (QED) is 0.327. The molecule has 0 aliphatic rings. The molecule has 0 atom stereocenters. The highest BCUT2D eigenvalue weighted by Crippen LogP contribution is 1.96. The highest BCUT2D eigenvalue weighted by molar-refractivity contribution is 6.29. The topological polar surface area (TPSA) is 21.6 Å². The van der Waals surface area contributed by atoms with Gasteiger partial charge in [-0.2, -0.15) is 0 Å². The fraction of sp³-hybridized carbons (Fsp3) is 0.400. The van der Waals surface area contributed by atoms with Crippen molar-refractivity contribution >= 4 is 18.3 Å². The SMILES string of the molecule is C=NOC/C=C(\C)Cl. The molecule has 0 aromatic carbocycles. The molecule has 0 aliphatic carbocycles. The smallest absolute Gasteiger partial charge is 0.136 e. The van der Waals surface area contributed by atoms with E-state index >= 15 is 0 Å². The summed E-state index contributed by atoms with van der Waals surface area (Å²) < 4.78 is 0. The van der Waals surface area contributed by atoms with Gasteiger partial charge in [-0.3, -0.25) is 0 Å². The van der Waals surface area contributed by atoms with Crippen molar-refractivity contribution in [3.8, 4) is 0 Å². The number of hydrogen-bond acceptors (Lipinski definition) is 2. The Hall–Kier alpha value is -0.500. The second-order valence-corrected chi connectivity index (χ2v) is 1.81. The third-order valence-electron chi connectivity index (χ3n) is 0.530. The lowest BCUT2D eigenvalue weighted by Gasteiger charge is -1.88. The molecule has 3 heteroatoms. The van der Waals surface area contributed by atoms with Gasteiger partial charge in [-0.25, -0.2) is 0 Å². The molecular weight excluding hydrogens is 126 g/mol. The predicted molar refractivity (Wildman–Crippen MR) is 35.1 cm³/mol. The molecule has 0 aromatic rings. The molecule has 0 saturated carbocycles. The lowest BCUT2D eigenvalue weighted by molar-refractivity contribution is 0.177. The maximum atomic E-state index is 5.43. The van der Waals surface area contributed by atoms with Crippen molar-refractivity contribution in [3.05, 3.63) is 11.1 Å². The molecule has 0 heterocycles. The average molecular weight is 134 g/mol. The van der Waals surface area contributed by atoms with Gasteiger partial charge in [-0.15, -0.1) is 5.16 Å². The Bertz CT molecular complexity index is 96.6. The minimum Gasteiger partial charge on any atom is -0.392 e. The average Bonchev–Trinajstić information content (AvgIpc) is 1.66. The molecule has 0 rings (SSSR count). The Labute approximate surface area is 53.8 Å². The number of rotatable bonds is 3. The predicted octanol–water partition coefficient (Wildman–Crippen LogP) is 1.76. The number of nitrogens with zero attached hydrogens (tertiary/aromatic N) is 1. The second-order valence-electron chi connectivity index (χ2n) is 1.22. The van der Waals surface area contributed by atoms with E-state index in [1.807, 2.05) is 0 Å². The minimum absolute atomic E-state index is 0.402. The van der Waals surface area contributed by atoms with Gasteiger partial charge in [0.25, 0.3) is 0 Å². The maximum absolute atomic E-state index is 5.43. The first kappa shape index (κ1) is 7.50.